The smallest absolute Gasteiger partial charge is 0.324 e. The number of alkyl halides is 3. The summed E-state index contributed by atoms with van der Waals surface area (Å²) in [5.74, 6) is -0.394. The summed E-state index contributed by atoms with van der Waals surface area (Å²) in [6.07, 6.45) is -2.96. The molecule has 0 saturated heterocycles. The fourth-order valence-corrected chi connectivity index (χ4v) is 2.33. The predicted molar refractivity (Wildman–Crippen MR) is 69.1 cm³/mol. The Morgan fingerprint density at radius 2 is 2.10 bits per heavy atom. The second-order valence-electron chi connectivity index (χ2n) is 4.53. The Bertz CT molecular complexity index is 741. The largest absolute Gasteiger partial charge is 0.419 e. The molecule has 3 rings (SSSR count). The van der Waals surface area contributed by atoms with Gasteiger partial charge in [-0.15, -0.1) is 0 Å². The lowest BCUT2D eigenvalue weighted by molar-refractivity contribution is -0.137. The molecule has 5 nitrogen and oxygen atoms in total. The van der Waals surface area contributed by atoms with Crippen molar-refractivity contribution in [1.82, 2.24) is 9.78 Å². The summed E-state index contributed by atoms with van der Waals surface area (Å²) in [6.45, 7) is 0. The maximum atomic E-state index is 12.6. The van der Waals surface area contributed by atoms with E-state index in [-0.39, 0.29) is 10.7 Å². The Hall–Kier alpha value is -2.06. The fraction of sp³-hybridized carbons (Fsp3) is 0.167. The van der Waals surface area contributed by atoms with Crippen LogP contribution in [0.2, 0.25) is 5.02 Å². The molecule has 3 N–H and O–H groups in total. The molecule has 2 aromatic rings. The third-order valence-electron chi connectivity index (χ3n) is 3.15. The molecule has 1 aliphatic heterocycles. The number of rotatable bonds is 1. The maximum Gasteiger partial charge on any atom is 0.419 e. The third-order valence-corrected chi connectivity index (χ3v) is 3.45. The molecule has 9 heteroatoms. The molecule has 2 heterocycles. The first-order valence-corrected chi connectivity index (χ1v) is 6.17. The standard InChI is InChI=1S/C12H8ClF3N4O/c13-7-1-6-8(19-11(21)10(6)17)2-9(7)20-4-5(3-18-20)12(14,15)16/h1-4,10H,17H2,(H,19,21). The number of fused-ring (bicyclic) bond motifs is 1. The molecule has 1 aromatic carbocycles. The number of anilines is 1. The number of hydrogen-bond acceptors (Lipinski definition) is 3. The number of hydrogen-bond donors (Lipinski definition) is 2. The van der Waals surface area contributed by atoms with Gasteiger partial charge in [-0.1, -0.05) is 11.6 Å². The minimum Gasteiger partial charge on any atom is -0.324 e. The molecule has 1 amide bonds. The fourth-order valence-electron chi connectivity index (χ4n) is 2.07. The first-order valence-electron chi connectivity index (χ1n) is 5.79. The summed E-state index contributed by atoms with van der Waals surface area (Å²) in [7, 11) is 0. The first-order chi connectivity index (χ1) is 9.77. The van der Waals surface area contributed by atoms with Gasteiger partial charge >= 0.3 is 6.18 Å². The monoisotopic (exact) mass is 316 g/mol. The maximum absolute atomic E-state index is 12.6. The van der Waals surface area contributed by atoms with Crippen molar-refractivity contribution >= 4 is 23.2 Å². The average molecular weight is 317 g/mol. The summed E-state index contributed by atoms with van der Waals surface area (Å²) in [5.41, 5.74) is 5.91. The molecule has 110 valence electrons. The third kappa shape index (κ3) is 2.26. The molecular weight excluding hydrogens is 309 g/mol. The second-order valence-corrected chi connectivity index (χ2v) is 4.94. The summed E-state index contributed by atoms with van der Waals surface area (Å²) in [5, 5.41) is 6.33. The molecule has 1 unspecified atom stereocenters. The molecule has 1 atom stereocenters. The zero-order chi connectivity index (χ0) is 15.4. The molecule has 21 heavy (non-hydrogen) atoms. The van der Waals surface area contributed by atoms with E-state index in [9.17, 15) is 18.0 Å². The number of nitrogens with zero attached hydrogens (tertiary/aromatic N) is 2. The Labute approximate surface area is 121 Å². The van der Waals surface area contributed by atoms with Gasteiger partial charge in [0.2, 0.25) is 5.91 Å². The minimum atomic E-state index is -4.49. The molecule has 0 aliphatic carbocycles. The lowest BCUT2D eigenvalue weighted by atomic mass is 10.1. The number of aromatic nitrogens is 2. The molecule has 1 aromatic heterocycles. The van der Waals surface area contributed by atoms with E-state index >= 15 is 0 Å². The Morgan fingerprint density at radius 1 is 1.38 bits per heavy atom. The van der Waals surface area contributed by atoms with Crippen molar-refractivity contribution in [3.63, 3.8) is 0 Å². The molecule has 1 aliphatic rings. The van der Waals surface area contributed by atoms with Gasteiger partial charge < -0.3 is 11.1 Å². The predicted octanol–water partition coefficient (Wildman–Crippen LogP) is 2.50. The van der Waals surface area contributed by atoms with Crippen LogP contribution in [0.4, 0.5) is 18.9 Å². The number of carbonyl (C=O) groups is 1. The average Bonchev–Trinajstić information content (AvgIpc) is 2.96. The van der Waals surface area contributed by atoms with Gasteiger partial charge in [0.25, 0.3) is 0 Å². The van der Waals surface area contributed by atoms with Gasteiger partial charge in [0.05, 0.1) is 22.5 Å². The van der Waals surface area contributed by atoms with Crippen LogP contribution in [-0.4, -0.2) is 15.7 Å². The van der Waals surface area contributed by atoms with Crippen LogP contribution in [0.3, 0.4) is 0 Å². The van der Waals surface area contributed by atoms with Gasteiger partial charge in [-0.05, 0) is 12.1 Å². The van der Waals surface area contributed by atoms with Gasteiger partial charge in [-0.25, -0.2) is 4.68 Å². The Morgan fingerprint density at radius 3 is 2.71 bits per heavy atom. The van der Waals surface area contributed by atoms with Crippen LogP contribution in [0, 0.1) is 0 Å². The van der Waals surface area contributed by atoms with E-state index in [0.29, 0.717) is 17.4 Å². The number of carbonyl (C=O) groups excluding carboxylic acids is 1. The van der Waals surface area contributed by atoms with E-state index in [1.54, 1.807) is 0 Å². The molecule has 0 spiro atoms. The molecule has 0 radical (unpaired) electrons. The number of nitrogens with one attached hydrogen (secondary N) is 1. The van der Waals surface area contributed by atoms with Crippen LogP contribution in [0.1, 0.15) is 17.2 Å². The molecular formula is C12H8ClF3N4O. The summed E-state index contributed by atoms with van der Waals surface area (Å²) >= 11 is 6.04. The molecule has 0 fully saturated rings. The van der Waals surface area contributed by atoms with Crippen LogP contribution in [0.5, 0.6) is 0 Å². The molecule has 0 saturated carbocycles. The first kappa shape index (κ1) is 13.9. The van der Waals surface area contributed by atoms with Crippen LogP contribution in [-0.2, 0) is 11.0 Å². The van der Waals surface area contributed by atoms with Gasteiger partial charge in [0, 0.05) is 17.4 Å². The van der Waals surface area contributed by atoms with Crippen molar-refractivity contribution in [1.29, 1.82) is 0 Å². The van der Waals surface area contributed by atoms with E-state index in [1.165, 1.54) is 12.1 Å². The lowest BCUT2D eigenvalue weighted by Crippen LogP contribution is -2.19. The zero-order valence-electron chi connectivity index (χ0n) is 10.3. The van der Waals surface area contributed by atoms with E-state index < -0.39 is 23.7 Å². The Kier molecular flexibility index (Phi) is 2.96. The molecule has 0 bridgehead atoms. The number of benzene rings is 1. The van der Waals surface area contributed by atoms with Crippen molar-refractivity contribution < 1.29 is 18.0 Å². The van der Waals surface area contributed by atoms with E-state index in [2.05, 4.69) is 10.4 Å². The van der Waals surface area contributed by atoms with Crippen LogP contribution >= 0.6 is 11.6 Å². The highest BCUT2D eigenvalue weighted by atomic mass is 35.5. The van der Waals surface area contributed by atoms with Crippen molar-refractivity contribution in [2.45, 2.75) is 12.2 Å². The van der Waals surface area contributed by atoms with Crippen LogP contribution < -0.4 is 11.1 Å². The van der Waals surface area contributed by atoms with Gasteiger partial charge in [0.15, 0.2) is 0 Å². The quantitative estimate of drug-likeness (QED) is 0.849. The summed E-state index contributed by atoms with van der Waals surface area (Å²) < 4.78 is 38.7. The zero-order valence-corrected chi connectivity index (χ0v) is 11.0. The Balaban J connectivity index is 2.07. The normalized spacial score (nSPS) is 17.8. The van der Waals surface area contributed by atoms with E-state index in [4.69, 9.17) is 17.3 Å². The topological polar surface area (TPSA) is 72.9 Å². The lowest BCUT2D eigenvalue weighted by Gasteiger charge is -2.08. The van der Waals surface area contributed by atoms with E-state index in [1.807, 2.05) is 0 Å². The van der Waals surface area contributed by atoms with E-state index in [0.717, 1.165) is 10.9 Å². The second kappa shape index (κ2) is 4.47. The van der Waals surface area contributed by atoms with Crippen LogP contribution in [0.25, 0.3) is 5.69 Å². The van der Waals surface area contributed by atoms with Gasteiger partial charge in [-0.2, -0.15) is 18.3 Å². The van der Waals surface area contributed by atoms with Crippen LogP contribution in [0.15, 0.2) is 24.5 Å². The number of nitrogens with two attached hydrogens (primary N) is 1. The highest BCUT2D eigenvalue weighted by Gasteiger charge is 2.33. The van der Waals surface area contributed by atoms with Crippen molar-refractivity contribution in [3.8, 4) is 5.69 Å². The van der Waals surface area contributed by atoms with Crippen molar-refractivity contribution in [3.05, 3.63) is 40.7 Å². The minimum absolute atomic E-state index is 0.150. The summed E-state index contributed by atoms with van der Waals surface area (Å²) in [4.78, 5) is 11.5. The number of amides is 1. The summed E-state index contributed by atoms with van der Waals surface area (Å²) in [6, 6.07) is 2.05. The SMILES string of the molecule is NC1C(=O)Nc2cc(-n3cc(C(F)(F)F)cn3)c(Cl)cc21. The van der Waals surface area contributed by atoms with Crippen molar-refractivity contribution in [2.75, 3.05) is 5.32 Å². The van der Waals surface area contributed by atoms with Crippen molar-refractivity contribution in [2.24, 2.45) is 5.73 Å². The highest BCUT2D eigenvalue weighted by Crippen LogP contribution is 2.36. The van der Waals surface area contributed by atoms with Gasteiger partial charge in [0.1, 0.15) is 6.04 Å². The number of halogens is 4. The highest BCUT2D eigenvalue weighted by molar-refractivity contribution is 6.32. The van der Waals surface area contributed by atoms with Gasteiger partial charge in [-0.3, -0.25) is 4.79 Å².